The van der Waals surface area contributed by atoms with Crippen molar-refractivity contribution in [3.8, 4) is 0 Å². The average molecular weight is 555 g/mol. The van der Waals surface area contributed by atoms with E-state index in [2.05, 4.69) is 29.7 Å². The molecule has 40 heavy (non-hydrogen) atoms. The quantitative estimate of drug-likeness (QED) is 0.193. The van der Waals surface area contributed by atoms with Gasteiger partial charge in [0.15, 0.2) is 6.29 Å². The third-order valence-corrected chi connectivity index (χ3v) is 8.12. The Morgan fingerprint density at radius 1 is 0.800 bits per heavy atom. The Hall–Kier alpha value is -3.62. The van der Waals surface area contributed by atoms with Crippen molar-refractivity contribution in [1.82, 2.24) is 5.32 Å². The second-order valence-electron chi connectivity index (χ2n) is 9.86. The summed E-state index contributed by atoms with van der Waals surface area (Å²) in [6.45, 7) is 2.63. The summed E-state index contributed by atoms with van der Waals surface area (Å²) in [5.41, 5.74) is 4.53. The molecule has 0 saturated carbocycles. The second-order valence-corrected chi connectivity index (χ2v) is 11.0. The van der Waals surface area contributed by atoms with Gasteiger partial charge in [-0.25, -0.2) is 4.79 Å². The maximum Gasteiger partial charge on any atom is 0.319 e. The molecule has 1 heterocycles. The van der Waals surface area contributed by atoms with Crippen LogP contribution in [0.3, 0.4) is 0 Å². The summed E-state index contributed by atoms with van der Waals surface area (Å²) < 4.78 is 13.1. The van der Waals surface area contributed by atoms with Crippen LogP contribution in [0.25, 0.3) is 0 Å². The van der Waals surface area contributed by atoms with E-state index >= 15 is 0 Å². The lowest BCUT2D eigenvalue weighted by Gasteiger charge is -2.41. The molecule has 0 aromatic heterocycles. The van der Waals surface area contributed by atoms with Crippen molar-refractivity contribution in [2.45, 2.75) is 43.5 Å². The van der Waals surface area contributed by atoms with Crippen molar-refractivity contribution >= 4 is 23.5 Å². The van der Waals surface area contributed by atoms with E-state index in [-0.39, 0.29) is 30.8 Å². The largest absolute Gasteiger partial charge is 0.392 e. The van der Waals surface area contributed by atoms with Crippen LogP contribution >= 0.6 is 11.8 Å². The average Bonchev–Trinajstić information content (AvgIpc) is 3.01. The highest BCUT2D eigenvalue weighted by Gasteiger charge is 2.38. The van der Waals surface area contributed by atoms with Crippen LogP contribution in [0.5, 0.6) is 0 Å². The number of hydrogen-bond acceptors (Lipinski definition) is 5. The number of rotatable bonds is 9. The molecule has 2 amide bonds. The van der Waals surface area contributed by atoms with Gasteiger partial charge >= 0.3 is 6.03 Å². The maximum absolute atomic E-state index is 12.4. The van der Waals surface area contributed by atoms with E-state index < -0.39 is 6.29 Å². The molecule has 3 N–H and O–H groups in total. The maximum atomic E-state index is 12.4. The summed E-state index contributed by atoms with van der Waals surface area (Å²) in [4.78, 5) is 13.6. The highest BCUT2D eigenvalue weighted by Crippen LogP contribution is 2.43. The van der Waals surface area contributed by atoms with Crippen LogP contribution in [0.15, 0.2) is 114 Å². The number of carbonyl (C=O) groups excluding carboxylic acids is 1. The molecule has 0 radical (unpaired) electrons. The third-order valence-electron chi connectivity index (χ3n) is 7.02. The number of hydrogen-bond donors (Lipinski definition) is 3. The molecule has 5 rings (SSSR count). The van der Waals surface area contributed by atoms with Gasteiger partial charge < -0.3 is 25.2 Å². The number of carbonyl (C=O) groups is 1. The molecule has 0 aliphatic carbocycles. The molecular formula is C33H34N2O4S. The van der Waals surface area contributed by atoms with Crippen LogP contribution in [0.2, 0.25) is 0 Å². The lowest BCUT2D eigenvalue weighted by molar-refractivity contribution is -0.268. The number of benzene rings is 4. The zero-order valence-corrected chi connectivity index (χ0v) is 23.2. The Labute approximate surface area is 239 Å². The highest BCUT2D eigenvalue weighted by molar-refractivity contribution is 7.99. The van der Waals surface area contributed by atoms with Gasteiger partial charge in [-0.3, -0.25) is 0 Å². The van der Waals surface area contributed by atoms with Crippen LogP contribution in [0.1, 0.15) is 41.6 Å². The molecule has 1 saturated heterocycles. The van der Waals surface area contributed by atoms with Gasteiger partial charge in [-0.05, 0) is 41.0 Å². The van der Waals surface area contributed by atoms with E-state index in [0.29, 0.717) is 12.2 Å². The van der Waals surface area contributed by atoms with Crippen LogP contribution in [-0.2, 0) is 22.6 Å². The lowest BCUT2D eigenvalue weighted by atomic mass is 9.91. The molecule has 4 aromatic carbocycles. The Morgan fingerprint density at radius 2 is 1.45 bits per heavy atom. The van der Waals surface area contributed by atoms with Crippen molar-refractivity contribution in [1.29, 1.82) is 0 Å². The van der Waals surface area contributed by atoms with Gasteiger partial charge in [0.25, 0.3) is 0 Å². The van der Waals surface area contributed by atoms with E-state index in [1.807, 2.05) is 97.1 Å². The summed E-state index contributed by atoms with van der Waals surface area (Å²) >= 11 is 1.78. The van der Waals surface area contributed by atoms with Crippen LogP contribution in [0, 0.1) is 5.92 Å². The van der Waals surface area contributed by atoms with Gasteiger partial charge in [0.05, 0.1) is 18.8 Å². The first-order valence-electron chi connectivity index (χ1n) is 13.5. The monoisotopic (exact) mass is 554 g/mol. The number of urea groups is 1. The Kier molecular flexibility index (Phi) is 9.52. The molecule has 1 aliphatic rings. The summed E-state index contributed by atoms with van der Waals surface area (Å²) in [6.07, 6.45) is -0.775. The molecule has 0 spiro atoms. The first kappa shape index (κ1) is 27.9. The minimum atomic E-state index is -0.555. The summed E-state index contributed by atoms with van der Waals surface area (Å²) in [5, 5.41) is 15.2. The molecule has 4 aromatic rings. The van der Waals surface area contributed by atoms with Gasteiger partial charge in [-0.2, -0.15) is 0 Å². The van der Waals surface area contributed by atoms with Crippen molar-refractivity contribution in [2.75, 3.05) is 11.1 Å². The van der Waals surface area contributed by atoms with Crippen molar-refractivity contribution in [2.24, 2.45) is 5.92 Å². The number of nitrogens with one attached hydrogen (secondary N) is 2. The van der Waals surface area contributed by atoms with Crippen molar-refractivity contribution < 1.29 is 19.4 Å². The number of ether oxygens (including phenoxy) is 2. The Morgan fingerprint density at radius 3 is 2.12 bits per heavy atom. The van der Waals surface area contributed by atoms with E-state index in [0.717, 1.165) is 28.0 Å². The predicted octanol–water partition coefficient (Wildman–Crippen LogP) is 7.08. The van der Waals surface area contributed by atoms with Gasteiger partial charge in [-0.1, -0.05) is 91.9 Å². The van der Waals surface area contributed by atoms with E-state index in [1.54, 1.807) is 11.8 Å². The second kappa shape index (κ2) is 13.6. The molecule has 6 nitrogen and oxygen atoms in total. The van der Waals surface area contributed by atoms with Crippen LogP contribution in [-0.4, -0.2) is 23.0 Å². The molecule has 4 atom stereocenters. The summed E-state index contributed by atoms with van der Waals surface area (Å²) in [5.74, 6) is 0.902. The highest BCUT2D eigenvalue weighted by atomic mass is 32.2. The zero-order valence-electron chi connectivity index (χ0n) is 22.4. The minimum Gasteiger partial charge on any atom is -0.392 e. The van der Waals surface area contributed by atoms with Crippen LogP contribution in [0.4, 0.5) is 10.5 Å². The number of amides is 2. The number of aliphatic hydroxyl groups is 1. The molecule has 0 bridgehead atoms. The summed E-state index contributed by atoms with van der Waals surface area (Å²) in [7, 11) is 0. The molecule has 0 unspecified atom stereocenters. The normalized spacial score (nSPS) is 20.6. The molecule has 1 fully saturated rings. The van der Waals surface area contributed by atoms with Crippen molar-refractivity contribution in [3.63, 3.8) is 0 Å². The first-order valence-corrected chi connectivity index (χ1v) is 14.4. The Bertz CT molecular complexity index is 1350. The standard InChI is InChI=1S/C33H34N2O4S/c1-23-30(22-40-29-10-6-3-7-11-29)38-32(39-31(23)26-14-12-25(21-36)13-15-26)27-16-18-28(19-17-27)35-33(37)34-20-24-8-4-2-5-9-24/h2-19,23,30-32,36H,20-22H2,1H3,(H2,34,35,37)/t23-,30+,31+,32+/m1/s1. The zero-order chi connectivity index (χ0) is 27.7. The number of thioether (sulfide) groups is 1. The van der Waals surface area contributed by atoms with Crippen molar-refractivity contribution in [3.05, 3.63) is 131 Å². The van der Waals surface area contributed by atoms with Gasteiger partial charge in [-0.15, -0.1) is 11.8 Å². The lowest BCUT2D eigenvalue weighted by Crippen LogP contribution is -2.38. The summed E-state index contributed by atoms with van der Waals surface area (Å²) in [6, 6.07) is 35.4. The van der Waals surface area contributed by atoms with Gasteiger partial charge in [0.2, 0.25) is 0 Å². The van der Waals surface area contributed by atoms with Crippen LogP contribution < -0.4 is 10.6 Å². The first-order chi connectivity index (χ1) is 19.6. The third kappa shape index (κ3) is 7.31. The SMILES string of the molecule is C[C@@H]1[C@H](CSc2ccccc2)O[C@H](c2ccc(NC(=O)NCc3ccccc3)cc2)O[C@@H]1c1ccc(CO)cc1. The number of anilines is 1. The smallest absolute Gasteiger partial charge is 0.319 e. The molecular weight excluding hydrogens is 520 g/mol. The molecule has 1 aliphatic heterocycles. The topological polar surface area (TPSA) is 79.8 Å². The van der Waals surface area contributed by atoms with Gasteiger partial charge in [0, 0.05) is 34.4 Å². The minimum absolute atomic E-state index is 0.00803. The molecule has 206 valence electrons. The molecule has 7 heteroatoms. The fourth-order valence-corrected chi connectivity index (χ4v) is 5.77. The van der Waals surface area contributed by atoms with E-state index in [1.165, 1.54) is 4.90 Å². The van der Waals surface area contributed by atoms with E-state index in [4.69, 9.17) is 9.47 Å². The number of aliphatic hydroxyl groups excluding tert-OH is 1. The fraction of sp³-hybridized carbons (Fsp3) is 0.242. The van der Waals surface area contributed by atoms with Gasteiger partial charge in [0.1, 0.15) is 0 Å². The Balaban J connectivity index is 1.27. The predicted molar refractivity (Wildman–Crippen MR) is 159 cm³/mol. The van der Waals surface area contributed by atoms with E-state index in [9.17, 15) is 9.90 Å². The fourth-order valence-electron chi connectivity index (χ4n) is 4.68.